The highest BCUT2D eigenvalue weighted by Gasteiger charge is 2.82. The lowest BCUT2D eigenvalue weighted by Gasteiger charge is -2.39. The number of rotatable bonds is 8. The third kappa shape index (κ3) is 4.00. The van der Waals surface area contributed by atoms with E-state index in [9.17, 15) is 4.79 Å². The second kappa shape index (κ2) is 11.4. The molecule has 1 aliphatic heterocycles. The maximum absolute atomic E-state index is 16.0. The average Bonchev–Trinajstić information content (AvgIpc) is 3.65. The molecule has 2 aliphatic carbocycles. The molecule has 5 aromatic carbocycles. The van der Waals surface area contributed by atoms with Gasteiger partial charge < -0.3 is 4.74 Å². The number of Topliss-reactive ketones (excluding diaryl/α,β-unsaturated/α-hetero) is 2. The molecule has 49 heavy (non-hydrogen) atoms. The normalized spacial score (nSPS) is 24.0. The highest BCUT2D eigenvalue weighted by molar-refractivity contribution is 6.39. The Kier molecular flexibility index (Phi) is 7.07. The van der Waals surface area contributed by atoms with Crippen molar-refractivity contribution >= 4 is 40.2 Å². The van der Waals surface area contributed by atoms with E-state index in [0.29, 0.717) is 22.4 Å². The zero-order valence-electron chi connectivity index (χ0n) is 27.1. The predicted octanol–water partition coefficient (Wildman–Crippen LogP) is 7.48. The summed E-state index contributed by atoms with van der Waals surface area (Å²) in [6.07, 6.45) is 0. The van der Waals surface area contributed by atoms with E-state index in [2.05, 4.69) is 0 Å². The summed E-state index contributed by atoms with van der Waals surface area (Å²) in [6, 6.07) is 43.2. The van der Waals surface area contributed by atoms with E-state index in [-0.39, 0.29) is 23.9 Å². The first-order valence-corrected chi connectivity index (χ1v) is 16.6. The van der Waals surface area contributed by atoms with Gasteiger partial charge in [0.25, 0.3) is 0 Å². The lowest BCUT2D eigenvalue weighted by Crippen LogP contribution is -2.45. The molecule has 2 fully saturated rings. The molecule has 1 saturated heterocycles. The van der Waals surface area contributed by atoms with Crippen LogP contribution < -0.4 is 9.64 Å². The minimum absolute atomic E-state index is 0.186. The van der Waals surface area contributed by atoms with Gasteiger partial charge in [-0.2, -0.15) is 0 Å². The van der Waals surface area contributed by atoms with E-state index in [1.54, 1.807) is 18.2 Å². The van der Waals surface area contributed by atoms with Gasteiger partial charge in [-0.1, -0.05) is 121 Å². The summed E-state index contributed by atoms with van der Waals surface area (Å²) in [5, 5.41) is 0. The number of ether oxygens (including phenoxy) is 1. The SMILES string of the molecule is CCOc1ccc(C(C)=O)cc1N1C(=O)[C@@H]2[C@H](C1=O)[C@@]1(c3ccccc3)C(=O)[C@@]2(c2ccccc2)C(c2ccccc2)=C1c1ccccc1. The highest BCUT2D eigenvalue weighted by Crippen LogP contribution is 2.74. The molecule has 6 heteroatoms. The molecular weight excluding hydrogens is 610 g/mol. The van der Waals surface area contributed by atoms with Crippen molar-refractivity contribution in [2.24, 2.45) is 11.8 Å². The summed E-state index contributed by atoms with van der Waals surface area (Å²) in [7, 11) is 0. The maximum Gasteiger partial charge on any atom is 0.239 e. The van der Waals surface area contributed by atoms with Crippen molar-refractivity contribution in [3.63, 3.8) is 0 Å². The van der Waals surface area contributed by atoms with Gasteiger partial charge in [0, 0.05) is 5.56 Å². The highest BCUT2D eigenvalue weighted by atomic mass is 16.5. The fourth-order valence-corrected chi connectivity index (χ4v) is 8.76. The summed E-state index contributed by atoms with van der Waals surface area (Å²) in [4.78, 5) is 60.4. The third-order valence-corrected chi connectivity index (χ3v) is 10.5. The van der Waals surface area contributed by atoms with Gasteiger partial charge in [-0.3, -0.25) is 19.2 Å². The third-order valence-electron chi connectivity index (χ3n) is 10.5. The molecule has 2 bridgehead atoms. The number of hydrogen-bond acceptors (Lipinski definition) is 5. The summed E-state index contributed by atoms with van der Waals surface area (Å²) in [5.41, 5.74) is 1.91. The Morgan fingerprint density at radius 3 is 1.47 bits per heavy atom. The Labute approximate surface area is 284 Å². The standard InChI is InChI=1S/C43H33NO5/c1-3-49-34-25-24-30(27(2)45)26-33(34)44-39(46)37-38(40(44)47)43(32-22-14-7-15-23-32)36(29-18-10-5-11-19-29)35(28-16-8-4-9-17-28)42(37,41(43)48)31-20-12-6-13-21-31/h4-26,37-38H,3H2,1-2H3/t37-,38+,42-,43-/m0/s1. The Hall–Kier alpha value is -5.88. The van der Waals surface area contributed by atoms with Crippen molar-refractivity contribution < 1.29 is 23.9 Å². The molecule has 3 aliphatic rings. The van der Waals surface area contributed by atoms with Gasteiger partial charge in [0.2, 0.25) is 11.8 Å². The molecule has 6 nitrogen and oxygen atoms in total. The molecule has 0 aromatic heterocycles. The molecular formula is C43H33NO5. The minimum Gasteiger partial charge on any atom is -0.492 e. The van der Waals surface area contributed by atoms with Gasteiger partial charge in [-0.15, -0.1) is 0 Å². The lowest BCUT2D eigenvalue weighted by atomic mass is 9.59. The molecule has 1 saturated carbocycles. The number of ketones is 2. The van der Waals surface area contributed by atoms with Crippen LogP contribution in [0.2, 0.25) is 0 Å². The summed E-state index contributed by atoms with van der Waals surface area (Å²) in [6.45, 7) is 3.55. The van der Waals surface area contributed by atoms with E-state index in [4.69, 9.17) is 4.74 Å². The first kappa shape index (κ1) is 30.5. The fraction of sp³-hybridized carbons (Fsp3) is 0.163. The summed E-state index contributed by atoms with van der Waals surface area (Å²) < 4.78 is 5.96. The van der Waals surface area contributed by atoms with Crippen LogP contribution >= 0.6 is 0 Å². The first-order valence-electron chi connectivity index (χ1n) is 16.6. The summed E-state index contributed by atoms with van der Waals surface area (Å²) >= 11 is 0. The zero-order valence-corrected chi connectivity index (χ0v) is 27.1. The number of anilines is 1. The lowest BCUT2D eigenvalue weighted by molar-refractivity contribution is -0.130. The zero-order chi connectivity index (χ0) is 33.9. The summed E-state index contributed by atoms with van der Waals surface area (Å²) in [5.74, 6) is -3.22. The minimum atomic E-state index is -1.51. The monoisotopic (exact) mass is 643 g/mol. The fourth-order valence-electron chi connectivity index (χ4n) is 8.76. The number of nitrogens with zero attached hydrogens (tertiary/aromatic N) is 1. The van der Waals surface area contributed by atoms with Crippen molar-refractivity contribution in [3.8, 4) is 5.75 Å². The second-order valence-corrected chi connectivity index (χ2v) is 12.8. The molecule has 4 atom stereocenters. The van der Waals surface area contributed by atoms with Crippen molar-refractivity contribution in [2.45, 2.75) is 24.7 Å². The topological polar surface area (TPSA) is 80.8 Å². The smallest absolute Gasteiger partial charge is 0.239 e. The first-order chi connectivity index (χ1) is 23.9. The van der Waals surface area contributed by atoms with Crippen LogP contribution in [0.4, 0.5) is 5.69 Å². The number of hydrogen-bond donors (Lipinski definition) is 0. The van der Waals surface area contributed by atoms with Crippen LogP contribution in [-0.4, -0.2) is 30.0 Å². The van der Waals surface area contributed by atoms with E-state index in [0.717, 1.165) is 22.3 Å². The maximum atomic E-state index is 16.0. The van der Waals surface area contributed by atoms with Crippen LogP contribution in [0.1, 0.15) is 46.5 Å². The van der Waals surface area contributed by atoms with E-state index in [1.807, 2.05) is 128 Å². The van der Waals surface area contributed by atoms with E-state index < -0.39 is 34.5 Å². The van der Waals surface area contributed by atoms with Gasteiger partial charge in [0.05, 0.1) is 35.0 Å². The van der Waals surface area contributed by atoms with Gasteiger partial charge in [-0.05, 0) is 65.4 Å². The molecule has 240 valence electrons. The number of imide groups is 1. The number of carbonyl (C=O) groups is 4. The number of fused-ring (bicyclic) bond motifs is 5. The van der Waals surface area contributed by atoms with Gasteiger partial charge in [0.1, 0.15) is 5.75 Å². The van der Waals surface area contributed by atoms with Crippen molar-refractivity contribution in [1.82, 2.24) is 0 Å². The largest absolute Gasteiger partial charge is 0.492 e. The van der Waals surface area contributed by atoms with Crippen LogP contribution in [0.15, 0.2) is 140 Å². The van der Waals surface area contributed by atoms with Crippen LogP contribution in [0.25, 0.3) is 11.1 Å². The molecule has 5 aromatic rings. The second-order valence-electron chi connectivity index (χ2n) is 12.8. The van der Waals surface area contributed by atoms with E-state index >= 15 is 14.4 Å². The van der Waals surface area contributed by atoms with Crippen LogP contribution in [0.5, 0.6) is 5.75 Å². The number of amides is 2. The van der Waals surface area contributed by atoms with Crippen LogP contribution in [-0.2, 0) is 25.2 Å². The Morgan fingerprint density at radius 1 is 0.633 bits per heavy atom. The van der Waals surface area contributed by atoms with Gasteiger partial charge in [0.15, 0.2) is 11.6 Å². The Bertz CT molecular complexity index is 2060. The van der Waals surface area contributed by atoms with E-state index in [1.165, 1.54) is 11.8 Å². The Morgan fingerprint density at radius 2 is 1.06 bits per heavy atom. The quantitative estimate of drug-likeness (QED) is 0.129. The molecule has 0 N–H and O–H groups in total. The van der Waals surface area contributed by atoms with Crippen LogP contribution in [0.3, 0.4) is 0 Å². The average molecular weight is 644 g/mol. The predicted molar refractivity (Wildman–Crippen MR) is 188 cm³/mol. The molecule has 2 amide bonds. The van der Waals surface area contributed by atoms with Crippen LogP contribution in [0, 0.1) is 11.8 Å². The number of benzene rings is 5. The van der Waals surface area contributed by atoms with Gasteiger partial charge >= 0.3 is 0 Å². The number of carbonyl (C=O) groups excluding carboxylic acids is 4. The Balaban J connectivity index is 1.53. The van der Waals surface area contributed by atoms with Crippen molar-refractivity contribution in [3.05, 3.63) is 167 Å². The molecule has 1 heterocycles. The molecule has 0 unspecified atom stereocenters. The number of allylic oxidation sites excluding steroid dienone is 2. The molecule has 0 spiro atoms. The van der Waals surface area contributed by atoms with Crippen molar-refractivity contribution in [2.75, 3.05) is 11.5 Å². The molecule has 0 radical (unpaired) electrons. The van der Waals surface area contributed by atoms with Crippen molar-refractivity contribution in [1.29, 1.82) is 0 Å². The van der Waals surface area contributed by atoms with Gasteiger partial charge in [-0.25, -0.2) is 4.90 Å². The molecule has 8 rings (SSSR count).